The molecule has 0 aromatic rings. The second-order valence-corrected chi connectivity index (χ2v) is 6.55. The third-order valence-electron chi connectivity index (χ3n) is 5.24. The highest BCUT2D eigenvalue weighted by Gasteiger charge is 2.41. The summed E-state index contributed by atoms with van der Waals surface area (Å²) in [5.74, 6) is 0.767. The lowest BCUT2D eigenvalue weighted by atomic mass is 9.81. The van der Waals surface area contributed by atoms with E-state index < -0.39 is 0 Å². The molecule has 3 heteroatoms. The minimum absolute atomic E-state index is 0.109. The van der Waals surface area contributed by atoms with Crippen LogP contribution in [-0.2, 0) is 4.74 Å². The van der Waals surface area contributed by atoms with Gasteiger partial charge in [0, 0.05) is 18.6 Å². The standard InChI is InChI=1S/C15H27NO2/c1-11-6-7-14(17)13(10-11)16-8-9-18-15-5-3-2-4-12(15)16/h11-15,17H,2-10H2,1H3. The molecule has 5 unspecified atom stereocenters. The van der Waals surface area contributed by atoms with Crippen LogP contribution in [0.1, 0.15) is 51.9 Å². The molecule has 2 saturated carbocycles. The van der Waals surface area contributed by atoms with Crippen molar-refractivity contribution in [3.63, 3.8) is 0 Å². The molecule has 0 aromatic carbocycles. The van der Waals surface area contributed by atoms with E-state index in [0.717, 1.165) is 25.5 Å². The first kappa shape index (κ1) is 12.9. The normalized spacial score (nSPS) is 46.7. The van der Waals surface area contributed by atoms with Gasteiger partial charge in [0.2, 0.25) is 0 Å². The predicted octanol–water partition coefficient (Wildman–Crippen LogP) is 2.18. The summed E-state index contributed by atoms with van der Waals surface area (Å²) in [7, 11) is 0. The van der Waals surface area contributed by atoms with E-state index in [-0.39, 0.29) is 6.10 Å². The van der Waals surface area contributed by atoms with Crippen LogP contribution in [0, 0.1) is 5.92 Å². The van der Waals surface area contributed by atoms with Gasteiger partial charge < -0.3 is 9.84 Å². The van der Waals surface area contributed by atoms with Gasteiger partial charge in [0.15, 0.2) is 0 Å². The molecule has 5 atom stereocenters. The Hall–Kier alpha value is -0.120. The lowest BCUT2D eigenvalue weighted by Crippen LogP contribution is -2.60. The molecule has 0 spiro atoms. The zero-order chi connectivity index (χ0) is 12.5. The van der Waals surface area contributed by atoms with Gasteiger partial charge in [-0.15, -0.1) is 0 Å². The van der Waals surface area contributed by atoms with Crippen molar-refractivity contribution in [2.75, 3.05) is 13.2 Å². The Morgan fingerprint density at radius 3 is 2.78 bits per heavy atom. The number of aliphatic hydroxyl groups excluding tert-OH is 1. The number of fused-ring (bicyclic) bond motifs is 1. The highest BCUT2D eigenvalue weighted by atomic mass is 16.5. The van der Waals surface area contributed by atoms with Crippen molar-refractivity contribution in [2.45, 2.75) is 76.2 Å². The fraction of sp³-hybridized carbons (Fsp3) is 1.00. The maximum atomic E-state index is 10.3. The van der Waals surface area contributed by atoms with Crippen LogP contribution in [0.25, 0.3) is 0 Å². The van der Waals surface area contributed by atoms with E-state index in [1.54, 1.807) is 0 Å². The van der Waals surface area contributed by atoms with Crippen LogP contribution in [0.15, 0.2) is 0 Å². The zero-order valence-electron chi connectivity index (χ0n) is 11.6. The second kappa shape index (κ2) is 5.48. The molecule has 3 fully saturated rings. The summed E-state index contributed by atoms with van der Waals surface area (Å²) < 4.78 is 5.94. The number of rotatable bonds is 1. The van der Waals surface area contributed by atoms with E-state index in [1.165, 1.54) is 38.5 Å². The molecule has 3 nitrogen and oxygen atoms in total. The average molecular weight is 253 g/mol. The Bertz CT molecular complexity index is 282. The van der Waals surface area contributed by atoms with Crippen LogP contribution in [0.4, 0.5) is 0 Å². The number of ether oxygens (including phenoxy) is 1. The van der Waals surface area contributed by atoms with Gasteiger partial charge in [0.1, 0.15) is 0 Å². The Morgan fingerprint density at radius 2 is 1.89 bits per heavy atom. The number of hydrogen-bond donors (Lipinski definition) is 1. The summed E-state index contributed by atoms with van der Waals surface area (Å²) in [6.45, 7) is 4.21. The SMILES string of the molecule is CC1CCC(O)C(N2CCOC3CCCCC32)C1. The second-order valence-electron chi connectivity index (χ2n) is 6.55. The Balaban J connectivity index is 1.72. The van der Waals surface area contributed by atoms with Crippen LogP contribution in [0.2, 0.25) is 0 Å². The van der Waals surface area contributed by atoms with Crippen molar-refractivity contribution in [2.24, 2.45) is 5.92 Å². The van der Waals surface area contributed by atoms with Gasteiger partial charge in [0.05, 0.1) is 18.8 Å². The Kier molecular flexibility index (Phi) is 3.92. The molecular formula is C15H27NO2. The molecule has 0 amide bonds. The van der Waals surface area contributed by atoms with E-state index in [1.807, 2.05) is 0 Å². The zero-order valence-corrected chi connectivity index (χ0v) is 11.6. The average Bonchev–Trinajstić information content (AvgIpc) is 2.41. The number of aliphatic hydroxyl groups is 1. The molecule has 3 rings (SSSR count). The topological polar surface area (TPSA) is 32.7 Å². The van der Waals surface area contributed by atoms with Crippen molar-refractivity contribution in [3.05, 3.63) is 0 Å². The molecule has 0 aromatic heterocycles. The van der Waals surface area contributed by atoms with Gasteiger partial charge in [-0.3, -0.25) is 4.90 Å². The van der Waals surface area contributed by atoms with Crippen LogP contribution < -0.4 is 0 Å². The molecule has 1 N–H and O–H groups in total. The first-order valence-corrected chi connectivity index (χ1v) is 7.81. The third kappa shape index (κ3) is 2.45. The molecular weight excluding hydrogens is 226 g/mol. The Labute approximate surface area is 110 Å². The maximum Gasteiger partial charge on any atom is 0.0731 e. The van der Waals surface area contributed by atoms with E-state index in [2.05, 4.69) is 11.8 Å². The maximum absolute atomic E-state index is 10.3. The summed E-state index contributed by atoms with van der Waals surface area (Å²) in [5.41, 5.74) is 0. The molecule has 0 radical (unpaired) electrons. The highest BCUT2D eigenvalue weighted by Crippen LogP contribution is 2.35. The first-order valence-electron chi connectivity index (χ1n) is 7.81. The molecule has 1 aliphatic heterocycles. The minimum Gasteiger partial charge on any atom is -0.391 e. The van der Waals surface area contributed by atoms with Crippen LogP contribution in [-0.4, -0.2) is 47.4 Å². The molecule has 1 heterocycles. The lowest BCUT2D eigenvalue weighted by Gasteiger charge is -2.50. The molecule has 0 bridgehead atoms. The summed E-state index contributed by atoms with van der Waals surface area (Å²) in [5, 5.41) is 10.3. The highest BCUT2D eigenvalue weighted by molar-refractivity contribution is 4.94. The molecule has 18 heavy (non-hydrogen) atoms. The van der Waals surface area contributed by atoms with Gasteiger partial charge in [-0.05, 0) is 38.0 Å². The summed E-state index contributed by atoms with van der Waals surface area (Å²) in [4.78, 5) is 2.60. The third-order valence-corrected chi connectivity index (χ3v) is 5.24. The van der Waals surface area contributed by atoms with Crippen molar-refractivity contribution in [1.82, 2.24) is 4.90 Å². The van der Waals surface area contributed by atoms with Crippen molar-refractivity contribution >= 4 is 0 Å². The van der Waals surface area contributed by atoms with Crippen LogP contribution in [0.5, 0.6) is 0 Å². The van der Waals surface area contributed by atoms with Crippen LogP contribution >= 0.6 is 0 Å². The quantitative estimate of drug-likeness (QED) is 0.777. The molecule has 2 aliphatic carbocycles. The minimum atomic E-state index is -0.109. The summed E-state index contributed by atoms with van der Waals surface area (Å²) >= 11 is 0. The number of nitrogens with zero attached hydrogens (tertiary/aromatic N) is 1. The van der Waals surface area contributed by atoms with E-state index in [4.69, 9.17) is 4.74 Å². The largest absolute Gasteiger partial charge is 0.391 e. The van der Waals surface area contributed by atoms with Gasteiger partial charge in [-0.25, -0.2) is 0 Å². The van der Waals surface area contributed by atoms with Crippen LogP contribution in [0.3, 0.4) is 0 Å². The van der Waals surface area contributed by atoms with Gasteiger partial charge >= 0.3 is 0 Å². The van der Waals surface area contributed by atoms with Crippen molar-refractivity contribution in [1.29, 1.82) is 0 Å². The lowest BCUT2D eigenvalue weighted by molar-refractivity contribution is -0.127. The molecule has 3 aliphatic rings. The molecule has 104 valence electrons. The van der Waals surface area contributed by atoms with Gasteiger partial charge in [0.25, 0.3) is 0 Å². The first-order chi connectivity index (χ1) is 8.75. The number of morpholine rings is 1. The van der Waals surface area contributed by atoms with E-state index >= 15 is 0 Å². The molecule has 1 saturated heterocycles. The van der Waals surface area contributed by atoms with Gasteiger partial charge in [-0.2, -0.15) is 0 Å². The predicted molar refractivity (Wildman–Crippen MR) is 71.5 cm³/mol. The van der Waals surface area contributed by atoms with Gasteiger partial charge in [-0.1, -0.05) is 19.8 Å². The number of hydrogen-bond acceptors (Lipinski definition) is 3. The van der Waals surface area contributed by atoms with E-state index in [0.29, 0.717) is 18.2 Å². The summed E-state index contributed by atoms with van der Waals surface area (Å²) in [6.07, 6.45) is 8.82. The fourth-order valence-electron chi connectivity index (χ4n) is 4.23. The monoisotopic (exact) mass is 253 g/mol. The van der Waals surface area contributed by atoms with E-state index in [9.17, 15) is 5.11 Å². The smallest absolute Gasteiger partial charge is 0.0731 e. The van der Waals surface area contributed by atoms with Crippen molar-refractivity contribution < 1.29 is 9.84 Å². The Morgan fingerprint density at radius 1 is 1.06 bits per heavy atom. The van der Waals surface area contributed by atoms with Crippen molar-refractivity contribution in [3.8, 4) is 0 Å². The fourth-order valence-corrected chi connectivity index (χ4v) is 4.23. The summed E-state index contributed by atoms with van der Waals surface area (Å²) in [6, 6.07) is 0.973.